The minimum Gasteiger partial charge on any atom is -0.258 e. The summed E-state index contributed by atoms with van der Waals surface area (Å²) < 4.78 is 13.7. The molecule has 0 aliphatic rings. The lowest BCUT2D eigenvalue weighted by atomic mass is 10.0. The van der Waals surface area contributed by atoms with Crippen LogP contribution in [0.25, 0.3) is 0 Å². The Morgan fingerprint density at radius 2 is 1.41 bits per heavy atom. The molecule has 0 N–H and O–H groups in total. The second-order valence-electron chi connectivity index (χ2n) is 4.93. The summed E-state index contributed by atoms with van der Waals surface area (Å²) in [6.45, 7) is 0. The van der Waals surface area contributed by atoms with Gasteiger partial charge in [-0.25, -0.2) is 0 Å². The van der Waals surface area contributed by atoms with Gasteiger partial charge in [0.05, 0.1) is 15.3 Å². The van der Waals surface area contributed by atoms with Crippen LogP contribution in [0.1, 0.15) is 21.3 Å². The third kappa shape index (κ3) is 3.67. The molecular formula is C18H15ClOS2. The molecule has 0 aliphatic heterocycles. The van der Waals surface area contributed by atoms with E-state index in [0.29, 0.717) is 5.75 Å². The molecule has 0 saturated carbocycles. The van der Waals surface area contributed by atoms with Crippen molar-refractivity contribution >= 4 is 33.7 Å². The molecule has 0 saturated heterocycles. The molecule has 1 aromatic heterocycles. The van der Waals surface area contributed by atoms with Crippen LogP contribution < -0.4 is 0 Å². The Morgan fingerprint density at radius 1 is 0.864 bits per heavy atom. The van der Waals surface area contributed by atoms with Crippen LogP contribution in [-0.4, -0.2) is 4.21 Å². The van der Waals surface area contributed by atoms with Gasteiger partial charge in [-0.1, -0.05) is 72.3 Å². The predicted octanol–water partition coefficient (Wildman–Crippen LogP) is 5.44. The van der Waals surface area contributed by atoms with Gasteiger partial charge >= 0.3 is 0 Å². The quantitative estimate of drug-likeness (QED) is 0.601. The van der Waals surface area contributed by atoms with Gasteiger partial charge in [0.2, 0.25) is 0 Å². The monoisotopic (exact) mass is 346 g/mol. The minimum absolute atomic E-state index is 0.122. The Labute approximate surface area is 142 Å². The van der Waals surface area contributed by atoms with Crippen molar-refractivity contribution in [2.24, 2.45) is 0 Å². The van der Waals surface area contributed by atoms with Crippen molar-refractivity contribution in [2.45, 2.75) is 11.0 Å². The van der Waals surface area contributed by atoms with E-state index in [-0.39, 0.29) is 5.25 Å². The lowest BCUT2D eigenvalue weighted by Gasteiger charge is -2.17. The first-order valence-electron chi connectivity index (χ1n) is 6.95. The first-order valence-corrected chi connectivity index (χ1v) is 9.53. The van der Waals surface area contributed by atoms with Crippen LogP contribution in [0.3, 0.4) is 0 Å². The number of rotatable bonds is 5. The third-order valence-corrected chi connectivity index (χ3v) is 6.46. The zero-order chi connectivity index (χ0) is 15.4. The Morgan fingerprint density at radius 3 is 1.86 bits per heavy atom. The fraction of sp³-hybridized carbons (Fsp3) is 0.111. The van der Waals surface area contributed by atoms with E-state index in [0.717, 1.165) is 20.3 Å². The molecule has 0 radical (unpaired) electrons. The second kappa shape index (κ2) is 7.23. The molecule has 1 nitrogen and oxygen atoms in total. The molecule has 1 heterocycles. The Bertz CT molecular complexity index is 714. The summed E-state index contributed by atoms with van der Waals surface area (Å²) in [6.07, 6.45) is 0. The molecule has 0 bridgehead atoms. The first kappa shape index (κ1) is 15.5. The maximum absolute atomic E-state index is 13.0. The smallest absolute Gasteiger partial charge is 0.0931 e. The van der Waals surface area contributed by atoms with Crippen molar-refractivity contribution in [3.8, 4) is 0 Å². The molecule has 112 valence electrons. The summed E-state index contributed by atoms with van der Waals surface area (Å²) >= 11 is 7.47. The standard InChI is InChI=1S/C18H15ClOS2/c19-17-12-11-16(21-17)13-22(20)18(14-7-3-1-4-8-14)15-9-5-2-6-10-15/h1-12,18H,13H2. The molecule has 3 aromatic rings. The number of hydrogen-bond acceptors (Lipinski definition) is 2. The molecular weight excluding hydrogens is 332 g/mol. The van der Waals surface area contributed by atoms with E-state index < -0.39 is 10.8 Å². The topological polar surface area (TPSA) is 17.1 Å². The molecule has 0 aliphatic carbocycles. The van der Waals surface area contributed by atoms with Crippen LogP contribution >= 0.6 is 22.9 Å². The fourth-order valence-electron chi connectivity index (χ4n) is 2.40. The molecule has 4 heteroatoms. The summed E-state index contributed by atoms with van der Waals surface area (Å²) in [6, 6.07) is 23.9. The highest BCUT2D eigenvalue weighted by Gasteiger charge is 2.21. The van der Waals surface area contributed by atoms with Gasteiger partial charge in [0, 0.05) is 15.7 Å². The SMILES string of the molecule is O=S(Cc1ccc(Cl)s1)C(c1ccccc1)c1ccccc1. The zero-order valence-corrected chi connectivity index (χ0v) is 14.2. The highest BCUT2D eigenvalue weighted by atomic mass is 35.5. The normalized spacial score (nSPS) is 12.5. The maximum atomic E-state index is 13.0. The van der Waals surface area contributed by atoms with Gasteiger partial charge in [0.1, 0.15) is 0 Å². The summed E-state index contributed by atoms with van der Waals surface area (Å²) in [5, 5.41) is -0.122. The van der Waals surface area contributed by atoms with Crippen molar-refractivity contribution in [2.75, 3.05) is 0 Å². The molecule has 0 spiro atoms. The number of thiophene rings is 1. The minimum atomic E-state index is -1.05. The number of benzene rings is 2. The van der Waals surface area contributed by atoms with Crippen molar-refractivity contribution in [3.05, 3.63) is 93.1 Å². The predicted molar refractivity (Wildman–Crippen MR) is 95.9 cm³/mol. The van der Waals surface area contributed by atoms with E-state index in [1.54, 1.807) is 0 Å². The summed E-state index contributed by atoms with van der Waals surface area (Å²) in [5.74, 6) is 0.520. The Kier molecular flexibility index (Phi) is 5.08. The van der Waals surface area contributed by atoms with Crippen LogP contribution in [0.2, 0.25) is 4.34 Å². The highest BCUT2D eigenvalue weighted by molar-refractivity contribution is 7.84. The molecule has 0 fully saturated rings. The average molecular weight is 347 g/mol. The van der Waals surface area contributed by atoms with Crippen LogP contribution in [0.5, 0.6) is 0 Å². The van der Waals surface area contributed by atoms with Crippen LogP contribution in [0.15, 0.2) is 72.8 Å². The molecule has 22 heavy (non-hydrogen) atoms. The summed E-state index contributed by atoms with van der Waals surface area (Å²) in [4.78, 5) is 1.06. The first-order chi connectivity index (χ1) is 10.7. The average Bonchev–Trinajstić information content (AvgIpc) is 2.95. The fourth-order valence-corrected chi connectivity index (χ4v) is 5.34. The summed E-state index contributed by atoms with van der Waals surface area (Å²) in [7, 11) is -1.05. The molecule has 0 amide bonds. The van der Waals surface area contributed by atoms with E-state index in [9.17, 15) is 4.21 Å². The van der Waals surface area contributed by atoms with Crippen LogP contribution in [0.4, 0.5) is 0 Å². The largest absolute Gasteiger partial charge is 0.258 e. The molecule has 3 rings (SSSR count). The molecule has 1 unspecified atom stereocenters. The van der Waals surface area contributed by atoms with E-state index in [4.69, 9.17) is 11.6 Å². The van der Waals surface area contributed by atoms with Gasteiger partial charge in [-0.15, -0.1) is 11.3 Å². The van der Waals surface area contributed by atoms with Gasteiger partial charge in [-0.3, -0.25) is 4.21 Å². The Hall–Kier alpha value is -1.42. The van der Waals surface area contributed by atoms with Gasteiger partial charge in [-0.2, -0.15) is 0 Å². The zero-order valence-electron chi connectivity index (χ0n) is 11.8. The van der Waals surface area contributed by atoms with Crippen molar-refractivity contribution in [1.29, 1.82) is 0 Å². The Balaban J connectivity index is 1.93. The van der Waals surface area contributed by atoms with Gasteiger partial charge in [0.15, 0.2) is 0 Å². The van der Waals surface area contributed by atoms with E-state index in [2.05, 4.69) is 0 Å². The molecule has 2 aromatic carbocycles. The van der Waals surface area contributed by atoms with Gasteiger partial charge in [-0.05, 0) is 23.3 Å². The maximum Gasteiger partial charge on any atom is 0.0931 e. The van der Waals surface area contributed by atoms with E-state index >= 15 is 0 Å². The summed E-state index contributed by atoms with van der Waals surface area (Å²) in [5.41, 5.74) is 2.16. The van der Waals surface area contributed by atoms with E-state index in [1.165, 1.54) is 11.3 Å². The van der Waals surface area contributed by atoms with Crippen LogP contribution in [0, 0.1) is 0 Å². The molecule has 1 atom stereocenters. The lowest BCUT2D eigenvalue weighted by molar-refractivity contribution is 0.678. The second-order valence-corrected chi connectivity index (χ2v) is 8.25. The van der Waals surface area contributed by atoms with Crippen LogP contribution in [-0.2, 0) is 16.6 Å². The highest BCUT2D eigenvalue weighted by Crippen LogP contribution is 2.31. The number of hydrogen-bond donors (Lipinski definition) is 0. The van der Waals surface area contributed by atoms with Gasteiger partial charge in [0.25, 0.3) is 0 Å². The lowest BCUT2D eigenvalue weighted by Crippen LogP contribution is -2.10. The van der Waals surface area contributed by atoms with Crippen molar-refractivity contribution in [3.63, 3.8) is 0 Å². The van der Waals surface area contributed by atoms with Crippen molar-refractivity contribution in [1.82, 2.24) is 0 Å². The van der Waals surface area contributed by atoms with Gasteiger partial charge < -0.3 is 0 Å². The van der Waals surface area contributed by atoms with Crippen molar-refractivity contribution < 1.29 is 4.21 Å². The number of halogens is 1. The third-order valence-electron chi connectivity index (χ3n) is 3.38. The van der Waals surface area contributed by atoms with E-state index in [1.807, 2.05) is 72.8 Å².